The van der Waals surface area contributed by atoms with Crippen molar-refractivity contribution < 1.29 is 4.57 Å². The van der Waals surface area contributed by atoms with Gasteiger partial charge in [-0.25, -0.2) is 4.57 Å². The molecule has 1 aliphatic carbocycles. The number of rotatable bonds is 2. The van der Waals surface area contributed by atoms with Crippen LogP contribution in [-0.4, -0.2) is 9.38 Å². The van der Waals surface area contributed by atoms with Crippen LogP contribution in [0.25, 0.3) is 27.6 Å². The Morgan fingerprint density at radius 3 is 2.15 bits per heavy atom. The molecule has 3 atom stereocenters. The quantitative estimate of drug-likeness (QED) is 0.228. The summed E-state index contributed by atoms with van der Waals surface area (Å²) in [4.78, 5) is 5.46. The first-order chi connectivity index (χ1) is 18.9. The Kier molecular flexibility index (Phi) is 5.18. The fraction of sp³-hybridized carbons (Fsp3) is 0.632. The van der Waals surface area contributed by atoms with Crippen molar-refractivity contribution in [2.24, 2.45) is 5.41 Å². The van der Waals surface area contributed by atoms with Crippen molar-refractivity contribution in [3.8, 4) is 0 Å². The summed E-state index contributed by atoms with van der Waals surface area (Å²) in [5.74, 6) is 0. The van der Waals surface area contributed by atoms with Gasteiger partial charge in [0.2, 0.25) is 0 Å². The van der Waals surface area contributed by atoms with Gasteiger partial charge in [0.05, 0.1) is 10.9 Å². The molecule has 0 spiro atoms. The number of fused-ring (bicyclic) bond motifs is 1. The monoisotopic (exact) mass is 550 g/mol. The van der Waals surface area contributed by atoms with Crippen LogP contribution in [0, 0.1) is 5.41 Å². The highest BCUT2D eigenvalue weighted by Gasteiger charge is 2.65. The summed E-state index contributed by atoms with van der Waals surface area (Å²) in [5, 5.41) is 1.39. The normalized spacial score (nSPS) is 28.8. The molecule has 1 aromatic carbocycles. The summed E-state index contributed by atoms with van der Waals surface area (Å²) in [6.45, 7) is 29.4. The van der Waals surface area contributed by atoms with Crippen molar-refractivity contribution in [3.05, 3.63) is 52.3 Å². The molecule has 3 aliphatic rings. The lowest BCUT2D eigenvalue weighted by Gasteiger charge is -2.58. The van der Waals surface area contributed by atoms with Gasteiger partial charge in [-0.15, -0.1) is 0 Å². The molecule has 0 saturated carbocycles. The number of aryl methyl sites for hydroxylation is 1. The summed E-state index contributed by atoms with van der Waals surface area (Å²) in [6, 6.07) is 10.2. The van der Waals surface area contributed by atoms with E-state index in [1.807, 2.05) is 0 Å². The van der Waals surface area contributed by atoms with Gasteiger partial charge in [-0.05, 0) is 78.8 Å². The summed E-state index contributed by atoms with van der Waals surface area (Å²) >= 11 is 0. The molecule has 2 aliphatic heterocycles. The molecule has 218 valence electrons. The largest absolute Gasteiger partial charge is 0.297 e. The molecule has 3 nitrogen and oxygen atoms in total. The minimum atomic E-state index is -0.0309. The van der Waals surface area contributed by atoms with Crippen LogP contribution in [0.1, 0.15) is 143 Å². The van der Waals surface area contributed by atoms with Crippen molar-refractivity contribution in [2.75, 3.05) is 0 Å². The zero-order valence-corrected chi connectivity index (χ0v) is 27.9. The Bertz CT molecular complexity index is 1790. The third-order valence-electron chi connectivity index (χ3n) is 12.8. The van der Waals surface area contributed by atoms with Gasteiger partial charge in [-0.1, -0.05) is 83.1 Å². The lowest BCUT2D eigenvalue weighted by Crippen LogP contribution is -2.68. The molecule has 2 bridgehead atoms. The number of imidazole rings is 1. The van der Waals surface area contributed by atoms with Gasteiger partial charge in [-0.3, -0.25) is 4.98 Å². The molecular weight excluding hydrogens is 498 g/mol. The van der Waals surface area contributed by atoms with Crippen LogP contribution in [-0.2, 0) is 33.6 Å². The van der Waals surface area contributed by atoms with Crippen LogP contribution in [0.4, 0.5) is 0 Å². The lowest BCUT2D eigenvalue weighted by molar-refractivity contribution is -0.740. The molecule has 7 rings (SSSR count). The smallest absolute Gasteiger partial charge is 0.252 e. The summed E-state index contributed by atoms with van der Waals surface area (Å²) in [5.41, 5.74) is 13.1. The second-order valence-corrected chi connectivity index (χ2v) is 17.1. The van der Waals surface area contributed by atoms with Crippen LogP contribution in [0.2, 0.25) is 0 Å². The zero-order valence-electron chi connectivity index (χ0n) is 27.9. The van der Waals surface area contributed by atoms with E-state index >= 15 is 0 Å². The molecule has 4 aromatic rings. The number of hydrogen-bond donors (Lipinski definition) is 0. The van der Waals surface area contributed by atoms with Gasteiger partial charge >= 0.3 is 0 Å². The van der Waals surface area contributed by atoms with Crippen molar-refractivity contribution >= 4 is 27.6 Å². The highest BCUT2D eigenvalue weighted by atomic mass is 15.2. The third kappa shape index (κ3) is 3.07. The predicted molar refractivity (Wildman–Crippen MR) is 172 cm³/mol. The molecule has 5 heterocycles. The van der Waals surface area contributed by atoms with E-state index in [1.54, 1.807) is 11.1 Å². The van der Waals surface area contributed by atoms with E-state index in [0.717, 1.165) is 12.8 Å². The SMILES string of the molecule is CCC12CCc3cc(C(C)(C)C)nc4cc(C(C)(C)C)n5c6cc7c(cc6[n+]1c5c34)C(C)(CCC7(C)C)C2(C)CC. The second kappa shape index (κ2) is 7.74. The van der Waals surface area contributed by atoms with Crippen molar-refractivity contribution in [3.63, 3.8) is 0 Å². The fourth-order valence-electron chi connectivity index (χ4n) is 9.83. The molecule has 0 fully saturated rings. The van der Waals surface area contributed by atoms with Crippen molar-refractivity contribution in [1.82, 2.24) is 9.38 Å². The highest BCUT2D eigenvalue weighted by Crippen LogP contribution is 2.64. The number of aromatic nitrogens is 3. The van der Waals surface area contributed by atoms with Crippen LogP contribution in [0.15, 0.2) is 24.3 Å². The minimum absolute atomic E-state index is 0.00269. The second-order valence-electron chi connectivity index (χ2n) is 17.1. The van der Waals surface area contributed by atoms with Gasteiger partial charge in [0.25, 0.3) is 5.65 Å². The maximum atomic E-state index is 5.46. The molecule has 0 saturated heterocycles. The van der Waals surface area contributed by atoms with Gasteiger partial charge in [0.15, 0.2) is 11.0 Å². The van der Waals surface area contributed by atoms with E-state index in [1.165, 1.54) is 70.2 Å². The van der Waals surface area contributed by atoms with Gasteiger partial charge in [0, 0.05) is 33.4 Å². The first-order valence-corrected chi connectivity index (χ1v) is 16.4. The maximum Gasteiger partial charge on any atom is 0.297 e. The molecule has 3 aromatic heterocycles. The van der Waals surface area contributed by atoms with E-state index < -0.39 is 0 Å². The summed E-state index contributed by atoms with van der Waals surface area (Å²) in [6.07, 6.45) is 7.08. The summed E-state index contributed by atoms with van der Waals surface area (Å²) < 4.78 is 5.59. The van der Waals surface area contributed by atoms with Crippen LogP contribution >= 0.6 is 0 Å². The molecule has 0 N–H and O–H groups in total. The Labute approximate surface area is 247 Å². The van der Waals surface area contributed by atoms with E-state index in [2.05, 4.69) is 116 Å². The molecular formula is C38H52N3+. The Hall–Kier alpha value is -2.42. The first-order valence-electron chi connectivity index (χ1n) is 16.4. The maximum absolute atomic E-state index is 5.46. The molecule has 3 unspecified atom stereocenters. The Morgan fingerprint density at radius 1 is 0.829 bits per heavy atom. The predicted octanol–water partition coefficient (Wildman–Crippen LogP) is 9.33. The van der Waals surface area contributed by atoms with E-state index in [0.29, 0.717) is 0 Å². The number of benzene rings is 1. The topological polar surface area (TPSA) is 21.2 Å². The van der Waals surface area contributed by atoms with Crippen molar-refractivity contribution in [2.45, 2.75) is 149 Å². The first kappa shape index (κ1) is 27.4. The Balaban J connectivity index is 1.82. The van der Waals surface area contributed by atoms with Crippen LogP contribution < -0.4 is 4.57 Å². The molecule has 0 amide bonds. The zero-order chi connectivity index (χ0) is 29.7. The Morgan fingerprint density at radius 2 is 1.54 bits per heavy atom. The van der Waals surface area contributed by atoms with E-state index in [9.17, 15) is 0 Å². The van der Waals surface area contributed by atoms with Crippen LogP contribution in [0.3, 0.4) is 0 Å². The number of hydrogen-bond acceptors (Lipinski definition) is 1. The van der Waals surface area contributed by atoms with E-state index in [-0.39, 0.29) is 32.6 Å². The van der Waals surface area contributed by atoms with Gasteiger partial charge in [0.1, 0.15) is 11.2 Å². The number of nitrogens with zero attached hydrogens (tertiary/aromatic N) is 3. The van der Waals surface area contributed by atoms with Gasteiger partial charge < -0.3 is 0 Å². The lowest BCUT2D eigenvalue weighted by atomic mass is 9.46. The fourth-order valence-corrected chi connectivity index (χ4v) is 9.83. The molecule has 0 radical (unpaired) electrons. The summed E-state index contributed by atoms with van der Waals surface area (Å²) in [7, 11) is 0. The number of pyridine rings is 2. The van der Waals surface area contributed by atoms with E-state index in [4.69, 9.17) is 4.98 Å². The van der Waals surface area contributed by atoms with Crippen LogP contribution in [0.5, 0.6) is 0 Å². The minimum Gasteiger partial charge on any atom is -0.252 e. The molecule has 3 heteroatoms. The van der Waals surface area contributed by atoms with Crippen molar-refractivity contribution in [1.29, 1.82) is 0 Å². The van der Waals surface area contributed by atoms with Gasteiger partial charge in [-0.2, -0.15) is 4.40 Å². The average molecular weight is 551 g/mol. The third-order valence-corrected chi connectivity index (χ3v) is 12.8. The standard InChI is InChI=1S/C38H52N3/c1-13-37(12)36(11)18-17-35(9,10)24-20-27-28(21-25(24)36)41-32-31-23(15-16-38(37,41)14-2)19-29(33(3,4)5)39-26(31)22-30(40(27)32)34(6,7)8/h19-22H,13-18H2,1-12H3/q+1. The molecule has 41 heavy (non-hydrogen) atoms. The highest BCUT2D eigenvalue weighted by molar-refractivity contribution is 5.97. The average Bonchev–Trinajstić information content (AvgIpc) is 3.11.